The lowest BCUT2D eigenvalue weighted by Crippen LogP contribution is -2.45. The van der Waals surface area contributed by atoms with Gasteiger partial charge in [0.25, 0.3) is 0 Å². The van der Waals surface area contributed by atoms with E-state index in [9.17, 15) is 0 Å². The molecule has 2 N–H and O–H groups in total. The van der Waals surface area contributed by atoms with Gasteiger partial charge < -0.3 is 10.6 Å². The average Bonchev–Trinajstić information content (AvgIpc) is 2.27. The van der Waals surface area contributed by atoms with Gasteiger partial charge in [-0.05, 0) is 44.7 Å². The second kappa shape index (κ2) is 5.72. The average molecular weight is 198 g/mol. The van der Waals surface area contributed by atoms with Gasteiger partial charge in [0.15, 0.2) is 0 Å². The number of hydrogen-bond acceptors (Lipinski definition) is 2. The van der Waals surface area contributed by atoms with Gasteiger partial charge in [0, 0.05) is 12.6 Å². The maximum absolute atomic E-state index is 5.72. The Balaban J connectivity index is 2.42. The molecule has 0 spiro atoms. The van der Waals surface area contributed by atoms with Crippen LogP contribution in [0.2, 0.25) is 0 Å². The van der Waals surface area contributed by atoms with E-state index in [1.54, 1.807) is 0 Å². The van der Waals surface area contributed by atoms with Crippen LogP contribution >= 0.6 is 0 Å². The standard InChI is InChI=1S/C12H26N2/c1-4-12-6-5-7-14(9-12)11(3)10(2)8-13/h10-12H,4-9,13H2,1-3H3. The number of nitrogens with two attached hydrogens (primary N) is 1. The quantitative estimate of drug-likeness (QED) is 0.749. The van der Waals surface area contributed by atoms with Gasteiger partial charge in [0.05, 0.1) is 0 Å². The highest BCUT2D eigenvalue weighted by molar-refractivity contribution is 4.79. The van der Waals surface area contributed by atoms with E-state index in [-0.39, 0.29) is 0 Å². The van der Waals surface area contributed by atoms with E-state index in [4.69, 9.17) is 5.73 Å². The number of nitrogens with zero attached hydrogens (tertiary/aromatic N) is 1. The van der Waals surface area contributed by atoms with Gasteiger partial charge in [0.2, 0.25) is 0 Å². The number of piperidine rings is 1. The molecule has 14 heavy (non-hydrogen) atoms. The molecule has 1 rings (SSSR count). The van der Waals surface area contributed by atoms with Gasteiger partial charge in [-0.3, -0.25) is 0 Å². The zero-order valence-electron chi connectivity index (χ0n) is 10.00. The Morgan fingerprint density at radius 3 is 2.71 bits per heavy atom. The first-order valence-electron chi connectivity index (χ1n) is 6.13. The normalized spacial score (nSPS) is 28.7. The van der Waals surface area contributed by atoms with Gasteiger partial charge in [-0.15, -0.1) is 0 Å². The summed E-state index contributed by atoms with van der Waals surface area (Å²) < 4.78 is 0. The lowest BCUT2D eigenvalue weighted by atomic mass is 9.92. The van der Waals surface area contributed by atoms with Crippen molar-refractivity contribution in [3.05, 3.63) is 0 Å². The minimum Gasteiger partial charge on any atom is -0.330 e. The van der Waals surface area contributed by atoms with Crippen LogP contribution in [0.25, 0.3) is 0 Å². The maximum atomic E-state index is 5.72. The van der Waals surface area contributed by atoms with Gasteiger partial charge in [-0.25, -0.2) is 0 Å². The van der Waals surface area contributed by atoms with E-state index >= 15 is 0 Å². The minimum absolute atomic E-state index is 0.630. The molecule has 2 heteroatoms. The van der Waals surface area contributed by atoms with E-state index in [0.717, 1.165) is 12.5 Å². The predicted octanol–water partition coefficient (Wildman–Crippen LogP) is 2.09. The van der Waals surface area contributed by atoms with E-state index < -0.39 is 0 Å². The number of rotatable bonds is 4. The van der Waals surface area contributed by atoms with Crippen molar-refractivity contribution >= 4 is 0 Å². The largest absolute Gasteiger partial charge is 0.330 e. The Hall–Kier alpha value is -0.0800. The maximum Gasteiger partial charge on any atom is 0.0105 e. The zero-order valence-corrected chi connectivity index (χ0v) is 10.00. The van der Waals surface area contributed by atoms with Crippen LogP contribution in [0.5, 0.6) is 0 Å². The summed E-state index contributed by atoms with van der Waals surface area (Å²) in [5.74, 6) is 1.56. The molecular weight excluding hydrogens is 172 g/mol. The Labute approximate surface area is 88.8 Å². The molecule has 3 atom stereocenters. The summed E-state index contributed by atoms with van der Waals surface area (Å²) in [6, 6.07) is 0.661. The summed E-state index contributed by atoms with van der Waals surface area (Å²) >= 11 is 0. The molecule has 2 nitrogen and oxygen atoms in total. The molecule has 1 heterocycles. The topological polar surface area (TPSA) is 29.3 Å². The molecular formula is C12H26N2. The van der Waals surface area contributed by atoms with Crippen molar-refractivity contribution in [2.45, 2.75) is 46.1 Å². The number of likely N-dealkylation sites (tertiary alicyclic amines) is 1. The Bertz CT molecular complexity index is 156. The molecule has 1 aliphatic rings. The van der Waals surface area contributed by atoms with Crippen LogP contribution in [0.1, 0.15) is 40.0 Å². The Morgan fingerprint density at radius 2 is 2.14 bits per heavy atom. The molecule has 84 valence electrons. The van der Waals surface area contributed by atoms with Crippen LogP contribution in [0, 0.1) is 11.8 Å². The molecule has 1 saturated heterocycles. The third-order valence-corrected chi connectivity index (χ3v) is 3.90. The molecule has 0 bridgehead atoms. The smallest absolute Gasteiger partial charge is 0.0105 e. The van der Waals surface area contributed by atoms with Gasteiger partial charge in [0.1, 0.15) is 0 Å². The molecule has 0 aromatic heterocycles. The predicted molar refractivity (Wildman–Crippen MR) is 62.3 cm³/mol. The van der Waals surface area contributed by atoms with E-state index in [1.807, 2.05) is 0 Å². The minimum atomic E-state index is 0.630. The SMILES string of the molecule is CCC1CCCN(C(C)C(C)CN)C1. The summed E-state index contributed by atoms with van der Waals surface area (Å²) in [7, 11) is 0. The summed E-state index contributed by atoms with van der Waals surface area (Å²) in [5.41, 5.74) is 5.72. The summed E-state index contributed by atoms with van der Waals surface area (Å²) in [6.45, 7) is 10.3. The molecule has 0 aromatic carbocycles. The molecule has 0 amide bonds. The van der Waals surface area contributed by atoms with Crippen molar-refractivity contribution in [3.8, 4) is 0 Å². The monoisotopic (exact) mass is 198 g/mol. The summed E-state index contributed by atoms with van der Waals surface area (Å²) in [5, 5.41) is 0. The third-order valence-electron chi connectivity index (χ3n) is 3.90. The van der Waals surface area contributed by atoms with Crippen molar-refractivity contribution in [2.24, 2.45) is 17.6 Å². The van der Waals surface area contributed by atoms with E-state index in [1.165, 1.54) is 32.4 Å². The second-order valence-electron chi connectivity index (χ2n) is 4.87. The first-order valence-corrected chi connectivity index (χ1v) is 6.13. The van der Waals surface area contributed by atoms with Crippen molar-refractivity contribution < 1.29 is 0 Å². The van der Waals surface area contributed by atoms with E-state index in [2.05, 4.69) is 25.7 Å². The highest BCUT2D eigenvalue weighted by Crippen LogP contribution is 2.22. The fourth-order valence-electron chi connectivity index (χ4n) is 2.36. The molecule has 3 unspecified atom stereocenters. The first kappa shape index (κ1) is 12.0. The Kier molecular flexibility index (Phi) is 4.90. The Morgan fingerprint density at radius 1 is 1.43 bits per heavy atom. The summed E-state index contributed by atoms with van der Waals surface area (Å²) in [4.78, 5) is 2.63. The van der Waals surface area contributed by atoms with Gasteiger partial charge in [-0.1, -0.05) is 20.3 Å². The van der Waals surface area contributed by atoms with Crippen molar-refractivity contribution in [1.82, 2.24) is 4.90 Å². The lowest BCUT2D eigenvalue weighted by Gasteiger charge is -2.38. The fraction of sp³-hybridized carbons (Fsp3) is 1.00. The molecule has 0 saturated carbocycles. The van der Waals surface area contributed by atoms with E-state index in [0.29, 0.717) is 12.0 Å². The van der Waals surface area contributed by atoms with Crippen LogP contribution < -0.4 is 5.73 Å². The molecule has 0 aromatic rings. The van der Waals surface area contributed by atoms with Crippen molar-refractivity contribution in [2.75, 3.05) is 19.6 Å². The lowest BCUT2D eigenvalue weighted by molar-refractivity contribution is 0.102. The van der Waals surface area contributed by atoms with Crippen LogP contribution in [-0.4, -0.2) is 30.6 Å². The number of hydrogen-bond donors (Lipinski definition) is 1. The first-order chi connectivity index (χ1) is 6.69. The highest BCUT2D eigenvalue weighted by Gasteiger charge is 2.24. The third kappa shape index (κ3) is 2.96. The van der Waals surface area contributed by atoms with Crippen LogP contribution in [0.15, 0.2) is 0 Å². The van der Waals surface area contributed by atoms with Crippen molar-refractivity contribution in [3.63, 3.8) is 0 Å². The zero-order chi connectivity index (χ0) is 10.6. The molecule has 0 aliphatic carbocycles. The van der Waals surface area contributed by atoms with Gasteiger partial charge >= 0.3 is 0 Å². The molecule has 1 aliphatic heterocycles. The van der Waals surface area contributed by atoms with Crippen molar-refractivity contribution in [1.29, 1.82) is 0 Å². The van der Waals surface area contributed by atoms with Crippen LogP contribution in [0.3, 0.4) is 0 Å². The van der Waals surface area contributed by atoms with Gasteiger partial charge in [-0.2, -0.15) is 0 Å². The van der Waals surface area contributed by atoms with Crippen LogP contribution in [0.4, 0.5) is 0 Å². The highest BCUT2D eigenvalue weighted by atomic mass is 15.2. The molecule has 1 fully saturated rings. The second-order valence-corrected chi connectivity index (χ2v) is 4.87. The van der Waals surface area contributed by atoms with Crippen LogP contribution in [-0.2, 0) is 0 Å². The fourth-order valence-corrected chi connectivity index (χ4v) is 2.36. The molecule has 0 radical (unpaired) electrons. The summed E-state index contributed by atoms with van der Waals surface area (Å²) in [6.07, 6.45) is 4.14.